The Morgan fingerprint density at radius 3 is 2.83 bits per heavy atom. The minimum Gasteiger partial charge on any atom is -0.464 e. The Balaban J connectivity index is 1.48. The number of nitrogens with zero attached hydrogens (tertiary/aromatic N) is 5. The van der Waals surface area contributed by atoms with E-state index in [9.17, 15) is 4.79 Å². The molecule has 5 rings (SSSR count). The van der Waals surface area contributed by atoms with Crippen molar-refractivity contribution in [2.24, 2.45) is 0 Å². The van der Waals surface area contributed by atoms with Gasteiger partial charge in [0.15, 0.2) is 0 Å². The van der Waals surface area contributed by atoms with E-state index in [4.69, 9.17) is 9.72 Å². The van der Waals surface area contributed by atoms with Crippen LogP contribution < -0.4 is 0 Å². The third-order valence-corrected chi connectivity index (χ3v) is 5.58. The van der Waals surface area contributed by atoms with Gasteiger partial charge in [-0.05, 0) is 43.2 Å². The number of ether oxygens (including phenoxy) is 1. The summed E-state index contributed by atoms with van der Waals surface area (Å²) >= 11 is 3.57. The number of esters is 1. The van der Waals surface area contributed by atoms with Gasteiger partial charge in [0.25, 0.3) is 0 Å². The van der Waals surface area contributed by atoms with E-state index in [-0.39, 0.29) is 0 Å². The van der Waals surface area contributed by atoms with E-state index in [1.807, 2.05) is 30.5 Å². The summed E-state index contributed by atoms with van der Waals surface area (Å²) in [4.78, 5) is 25.3. The Bertz CT molecular complexity index is 1210. The van der Waals surface area contributed by atoms with Gasteiger partial charge in [-0.1, -0.05) is 15.9 Å². The van der Waals surface area contributed by atoms with Crippen LogP contribution in [0, 0.1) is 0 Å². The Hall–Kier alpha value is -3.00. The fourth-order valence-corrected chi connectivity index (χ4v) is 3.87. The lowest BCUT2D eigenvalue weighted by molar-refractivity contribution is 0.0589. The van der Waals surface area contributed by atoms with Gasteiger partial charge in [0.2, 0.25) is 0 Å². The van der Waals surface area contributed by atoms with E-state index in [1.165, 1.54) is 26.1 Å². The maximum absolute atomic E-state index is 11.8. The number of rotatable bonds is 5. The van der Waals surface area contributed by atoms with Crippen LogP contribution >= 0.6 is 15.9 Å². The zero-order valence-corrected chi connectivity index (χ0v) is 17.3. The highest BCUT2D eigenvalue weighted by molar-refractivity contribution is 9.10. The van der Waals surface area contributed by atoms with Crippen LogP contribution in [0.1, 0.15) is 35.1 Å². The Morgan fingerprint density at radius 2 is 2.10 bits per heavy atom. The fraction of sp³-hybridized carbons (Fsp3) is 0.238. The van der Waals surface area contributed by atoms with E-state index in [0.717, 1.165) is 32.6 Å². The van der Waals surface area contributed by atoms with Crippen molar-refractivity contribution in [1.29, 1.82) is 0 Å². The molecule has 29 heavy (non-hydrogen) atoms. The quantitative estimate of drug-likeness (QED) is 0.424. The molecule has 0 bridgehead atoms. The molecule has 0 atom stereocenters. The molecule has 0 aliphatic heterocycles. The molecule has 0 spiro atoms. The molecule has 0 N–H and O–H groups in total. The molecule has 1 saturated carbocycles. The van der Waals surface area contributed by atoms with Crippen molar-refractivity contribution in [1.82, 2.24) is 24.1 Å². The zero-order chi connectivity index (χ0) is 20.0. The van der Waals surface area contributed by atoms with Crippen LogP contribution in [0.25, 0.3) is 22.4 Å². The predicted molar refractivity (Wildman–Crippen MR) is 112 cm³/mol. The molecule has 4 aromatic rings. The molecule has 1 aliphatic rings. The third kappa shape index (κ3) is 3.33. The van der Waals surface area contributed by atoms with E-state index >= 15 is 0 Å². The summed E-state index contributed by atoms with van der Waals surface area (Å²) < 4.78 is 9.89. The molecule has 1 aromatic carbocycles. The van der Waals surface area contributed by atoms with Crippen molar-refractivity contribution >= 4 is 32.9 Å². The zero-order valence-electron chi connectivity index (χ0n) is 15.7. The van der Waals surface area contributed by atoms with Gasteiger partial charge in [0, 0.05) is 22.3 Å². The minimum absolute atomic E-state index is 0.402. The van der Waals surface area contributed by atoms with Gasteiger partial charge in [-0.2, -0.15) is 0 Å². The number of methoxy groups -OCH3 is 1. The van der Waals surface area contributed by atoms with E-state index in [2.05, 4.69) is 36.5 Å². The molecule has 3 aromatic heterocycles. The number of carbonyl (C=O) groups is 1. The molecule has 146 valence electrons. The molecule has 3 heterocycles. The summed E-state index contributed by atoms with van der Waals surface area (Å²) in [6, 6.07) is 10.7. The van der Waals surface area contributed by atoms with Crippen molar-refractivity contribution < 1.29 is 9.53 Å². The molecule has 0 unspecified atom stereocenters. The van der Waals surface area contributed by atoms with Crippen molar-refractivity contribution in [2.45, 2.75) is 25.4 Å². The highest BCUT2D eigenvalue weighted by Gasteiger charge is 2.28. The number of benzene rings is 1. The molecular weight excluding hydrogens is 434 g/mol. The number of halogens is 1. The topological polar surface area (TPSA) is 74.8 Å². The summed E-state index contributed by atoms with van der Waals surface area (Å²) in [6.45, 7) is 0.441. The number of fused-ring (bicyclic) bond motifs is 1. The maximum atomic E-state index is 11.8. The van der Waals surface area contributed by atoms with Gasteiger partial charge in [-0.25, -0.2) is 14.8 Å². The number of imidazole rings is 2. The highest BCUT2D eigenvalue weighted by atomic mass is 79.9. The van der Waals surface area contributed by atoms with Gasteiger partial charge >= 0.3 is 5.97 Å². The maximum Gasteiger partial charge on any atom is 0.356 e. The third-order valence-electron chi connectivity index (χ3n) is 5.09. The first-order valence-electron chi connectivity index (χ1n) is 9.35. The smallest absolute Gasteiger partial charge is 0.356 e. The van der Waals surface area contributed by atoms with Crippen LogP contribution in [0.2, 0.25) is 0 Å². The SMILES string of the molecule is COC(=O)c1cncn1Cc1ccc(-c2nc3ccc(Br)cc3n2C2CC2)cn1. The molecule has 0 radical (unpaired) electrons. The van der Waals surface area contributed by atoms with Crippen LogP contribution in [-0.2, 0) is 11.3 Å². The van der Waals surface area contributed by atoms with E-state index < -0.39 is 5.97 Å². The monoisotopic (exact) mass is 451 g/mol. The minimum atomic E-state index is -0.413. The van der Waals surface area contributed by atoms with Gasteiger partial charge in [0.05, 0.1) is 42.9 Å². The molecule has 8 heteroatoms. The fourth-order valence-electron chi connectivity index (χ4n) is 3.52. The lowest BCUT2D eigenvalue weighted by Crippen LogP contribution is -2.11. The van der Waals surface area contributed by atoms with Gasteiger partial charge in [-0.3, -0.25) is 4.98 Å². The molecule has 1 fully saturated rings. The number of carbonyl (C=O) groups excluding carboxylic acids is 1. The summed E-state index contributed by atoms with van der Waals surface area (Å²) in [5.74, 6) is 0.529. The largest absolute Gasteiger partial charge is 0.464 e. The van der Waals surface area contributed by atoms with Crippen LogP contribution in [0.4, 0.5) is 0 Å². The lowest BCUT2D eigenvalue weighted by atomic mass is 10.2. The Labute approximate surface area is 175 Å². The Kier molecular flexibility index (Phi) is 4.43. The summed E-state index contributed by atoms with van der Waals surface area (Å²) in [5.41, 5.74) is 4.34. The molecule has 0 saturated heterocycles. The van der Waals surface area contributed by atoms with E-state index in [0.29, 0.717) is 18.3 Å². The molecule has 7 nitrogen and oxygen atoms in total. The number of hydrogen-bond acceptors (Lipinski definition) is 5. The average molecular weight is 452 g/mol. The lowest BCUT2D eigenvalue weighted by Gasteiger charge is -2.09. The second-order valence-electron chi connectivity index (χ2n) is 7.11. The molecule has 1 aliphatic carbocycles. The van der Waals surface area contributed by atoms with Crippen LogP contribution in [0.3, 0.4) is 0 Å². The number of aromatic nitrogens is 5. The number of pyridine rings is 1. The Morgan fingerprint density at radius 1 is 1.24 bits per heavy atom. The second kappa shape index (κ2) is 7.11. The highest BCUT2D eigenvalue weighted by Crippen LogP contribution is 2.41. The van der Waals surface area contributed by atoms with Crippen LogP contribution in [0.5, 0.6) is 0 Å². The second-order valence-corrected chi connectivity index (χ2v) is 8.02. The molecule has 0 amide bonds. The summed E-state index contributed by atoms with van der Waals surface area (Å²) in [7, 11) is 1.36. The standard InChI is InChI=1S/C21H18BrN5O2/c1-29-21(28)19-10-23-12-26(19)11-15-4-2-13(9-24-15)20-25-17-7-3-14(22)8-18(17)27(20)16-5-6-16/h2-4,7-10,12,16H,5-6,11H2,1H3. The van der Waals surface area contributed by atoms with Crippen molar-refractivity contribution in [3.8, 4) is 11.4 Å². The predicted octanol–water partition coefficient (Wildman–Crippen LogP) is 4.23. The first kappa shape index (κ1) is 18.1. The first-order chi connectivity index (χ1) is 14.1. The van der Waals surface area contributed by atoms with Crippen molar-refractivity contribution in [3.63, 3.8) is 0 Å². The van der Waals surface area contributed by atoms with Gasteiger partial charge < -0.3 is 13.9 Å². The normalized spacial score (nSPS) is 13.7. The first-order valence-corrected chi connectivity index (χ1v) is 10.1. The molecular formula is C21H18BrN5O2. The average Bonchev–Trinajstić information content (AvgIpc) is 3.35. The summed E-state index contributed by atoms with van der Waals surface area (Å²) in [6.07, 6.45) is 7.29. The van der Waals surface area contributed by atoms with Crippen molar-refractivity contribution in [3.05, 3.63) is 64.9 Å². The van der Waals surface area contributed by atoms with E-state index in [1.54, 1.807) is 10.9 Å². The number of hydrogen-bond donors (Lipinski definition) is 0. The summed E-state index contributed by atoms with van der Waals surface area (Å²) in [5, 5.41) is 0. The van der Waals surface area contributed by atoms with Gasteiger partial charge in [0.1, 0.15) is 11.5 Å². The van der Waals surface area contributed by atoms with Crippen LogP contribution in [0.15, 0.2) is 53.5 Å². The van der Waals surface area contributed by atoms with Crippen LogP contribution in [-0.4, -0.2) is 37.2 Å². The van der Waals surface area contributed by atoms with Crippen molar-refractivity contribution in [2.75, 3.05) is 7.11 Å². The van der Waals surface area contributed by atoms with Gasteiger partial charge in [-0.15, -0.1) is 0 Å².